The number of nitrogens with one attached hydrogen (secondary N) is 1. The summed E-state index contributed by atoms with van der Waals surface area (Å²) >= 11 is 0. The molecule has 112 valence electrons. The SMILES string of the molecule is CCCNC(COc1cc(OC)cc(OC)c1)C(=O)O. The lowest BCUT2D eigenvalue weighted by molar-refractivity contribution is -0.140. The van der Waals surface area contributed by atoms with Crippen molar-refractivity contribution < 1.29 is 24.1 Å². The van der Waals surface area contributed by atoms with E-state index in [1.807, 2.05) is 6.92 Å². The lowest BCUT2D eigenvalue weighted by Gasteiger charge is -2.16. The van der Waals surface area contributed by atoms with Gasteiger partial charge in [0.15, 0.2) is 0 Å². The smallest absolute Gasteiger partial charge is 0.324 e. The van der Waals surface area contributed by atoms with Crippen LogP contribution >= 0.6 is 0 Å². The number of carboxylic acid groups (broad SMARTS) is 1. The molecular formula is C14H21NO5. The Morgan fingerprint density at radius 3 is 2.20 bits per heavy atom. The molecular weight excluding hydrogens is 262 g/mol. The van der Waals surface area contributed by atoms with E-state index in [4.69, 9.17) is 19.3 Å². The number of ether oxygens (including phenoxy) is 3. The second-order valence-electron chi connectivity index (χ2n) is 4.20. The molecule has 1 atom stereocenters. The van der Waals surface area contributed by atoms with Crippen molar-refractivity contribution in [2.24, 2.45) is 0 Å². The van der Waals surface area contributed by atoms with E-state index in [0.29, 0.717) is 23.8 Å². The van der Waals surface area contributed by atoms with Gasteiger partial charge in [0.1, 0.15) is 29.9 Å². The van der Waals surface area contributed by atoms with Crippen molar-refractivity contribution in [1.29, 1.82) is 0 Å². The van der Waals surface area contributed by atoms with E-state index in [1.54, 1.807) is 32.4 Å². The molecule has 0 fully saturated rings. The minimum atomic E-state index is -0.937. The summed E-state index contributed by atoms with van der Waals surface area (Å²) in [6.45, 7) is 2.63. The van der Waals surface area contributed by atoms with E-state index in [1.165, 1.54) is 0 Å². The van der Waals surface area contributed by atoms with Gasteiger partial charge in [-0.05, 0) is 13.0 Å². The highest BCUT2D eigenvalue weighted by molar-refractivity contribution is 5.73. The molecule has 1 unspecified atom stereocenters. The van der Waals surface area contributed by atoms with Gasteiger partial charge in [0.05, 0.1) is 14.2 Å². The third-order valence-corrected chi connectivity index (χ3v) is 2.68. The highest BCUT2D eigenvalue weighted by atomic mass is 16.5. The first-order chi connectivity index (χ1) is 9.60. The molecule has 0 radical (unpaired) electrons. The highest BCUT2D eigenvalue weighted by Gasteiger charge is 2.17. The number of carbonyl (C=O) groups is 1. The van der Waals surface area contributed by atoms with Gasteiger partial charge in [-0.15, -0.1) is 0 Å². The molecule has 0 amide bonds. The largest absolute Gasteiger partial charge is 0.496 e. The lowest BCUT2D eigenvalue weighted by Crippen LogP contribution is -2.41. The van der Waals surface area contributed by atoms with Gasteiger partial charge in [-0.3, -0.25) is 4.79 Å². The number of benzene rings is 1. The van der Waals surface area contributed by atoms with Gasteiger partial charge in [-0.2, -0.15) is 0 Å². The van der Waals surface area contributed by atoms with Gasteiger partial charge >= 0.3 is 5.97 Å². The van der Waals surface area contributed by atoms with Gasteiger partial charge in [0.2, 0.25) is 0 Å². The first-order valence-corrected chi connectivity index (χ1v) is 6.42. The van der Waals surface area contributed by atoms with Crippen LogP contribution in [0.1, 0.15) is 13.3 Å². The maximum absolute atomic E-state index is 11.1. The number of carboxylic acids is 1. The van der Waals surface area contributed by atoms with Crippen molar-refractivity contribution in [1.82, 2.24) is 5.32 Å². The van der Waals surface area contributed by atoms with Crippen LogP contribution in [0.25, 0.3) is 0 Å². The first-order valence-electron chi connectivity index (χ1n) is 6.42. The summed E-state index contributed by atoms with van der Waals surface area (Å²) in [5.74, 6) is 0.750. The quantitative estimate of drug-likeness (QED) is 0.716. The van der Waals surface area contributed by atoms with E-state index in [2.05, 4.69) is 5.32 Å². The highest BCUT2D eigenvalue weighted by Crippen LogP contribution is 2.27. The lowest BCUT2D eigenvalue weighted by atomic mass is 10.3. The van der Waals surface area contributed by atoms with E-state index in [-0.39, 0.29) is 6.61 Å². The van der Waals surface area contributed by atoms with Crippen molar-refractivity contribution in [3.63, 3.8) is 0 Å². The van der Waals surface area contributed by atoms with Crippen LogP contribution in [0.15, 0.2) is 18.2 Å². The van der Waals surface area contributed by atoms with Gasteiger partial charge in [-0.25, -0.2) is 0 Å². The maximum Gasteiger partial charge on any atom is 0.324 e. The fourth-order valence-corrected chi connectivity index (χ4v) is 1.58. The predicted octanol–water partition coefficient (Wildman–Crippen LogP) is 1.54. The normalized spacial score (nSPS) is 11.8. The molecule has 0 saturated carbocycles. The molecule has 1 aromatic rings. The average Bonchev–Trinajstić information content (AvgIpc) is 2.46. The summed E-state index contributed by atoms with van der Waals surface area (Å²) in [6, 6.07) is 4.34. The van der Waals surface area contributed by atoms with Crippen molar-refractivity contribution in [2.75, 3.05) is 27.4 Å². The number of rotatable bonds is 9. The molecule has 1 aromatic carbocycles. The zero-order chi connectivity index (χ0) is 15.0. The Kier molecular flexibility index (Phi) is 6.66. The topological polar surface area (TPSA) is 77.0 Å². The molecule has 0 bridgehead atoms. The summed E-state index contributed by atoms with van der Waals surface area (Å²) in [5, 5.41) is 12.0. The van der Waals surface area contributed by atoms with Crippen LogP contribution in [0.2, 0.25) is 0 Å². The Morgan fingerprint density at radius 2 is 1.75 bits per heavy atom. The fraction of sp³-hybridized carbons (Fsp3) is 0.500. The number of methoxy groups -OCH3 is 2. The monoisotopic (exact) mass is 283 g/mol. The summed E-state index contributed by atoms with van der Waals surface area (Å²) in [5.41, 5.74) is 0. The minimum Gasteiger partial charge on any atom is -0.496 e. The standard InChI is InChI=1S/C14H21NO5/c1-4-5-15-13(14(16)17)9-20-12-7-10(18-2)6-11(8-12)19-3/h6-8,13,15H,4-5,9H2,1-3H3,(H,16,17). The van der Waals surface area contributed by atoms with Crippen LogP contribution in [-0.2, 0) is 4.79 Å². The Hall–Kier alpha value is -1.95. The molecule has 0 aliphatic rings. The van der Waals surface area contributed by atoms with Crippen LogP contribution in [-0.4, -0.2) is 44.5 Å². The zero-order valence-corrected chi connectivity index (χ0v) is 12.0. The Labute approximate surface area is 118 Å². The second kappa shape index (κ2) is 8.27. The average molecular weight is 283 g/mol. The molecule has 0 aliphatic heterocycles. The summed E-state index contributed by atoms with van der Waals surface area (Å²) in [7, 11) is 3.09. The molecule has 6 heteroatoms. The molecule has 0 saturated heterocycles. The molecule has 0 aliphatic carbocycles. The van der Waals surface area contributed by atoms with Crippen LogP contribution in [0.3, 0.4) is 0 Å². The first kappa shape index (κ1) is 16.1. The van der Waals surface area contributed by atoms with E-state index < -0.39 is 12.0 Å². The van der Waals surface area contributed by atoms with Crippen molar-refractivity contribution in [3.05, 3.63) is 18.2 Å². The number of aliphatic carboxylic acids is 1. The summed E-state index contributed by atoms with van der Waals surface area (Å²) < 4.78 is 15.8. The Morgan fingerprint density at radius 1 is 1.20 bits per heavy atom. The van der Waals surface area contributed by atoms with E-state index >= 15 is 0 Å². The number of hydrogen-bond acceptors (Lipinski definition) is 5. The van der Waals surface area contributed by atoms with Crippen LogP contribution in [0.5, 0.6) is 17.2 Å². The molecule has 20 heavy (non-hydrogen) atoms. The van der Waals surface area contributed by atoms with Gasteiger partial charge < -0.3 is 24.6 Å². The molecule has 0 spiro atoms. The second-order valence-corrected chi connectivity index (χ2v) is 4.20. The molecule has 2 N–H and O–H groups in total. The van der Waals surface area contributed by atoms with Crippen LogP contribution in [0, 0.1) is 0 Å². The van der Waals surface area contributed by atoms with Crippen molar-refractivity contribution in [3.8, 4) is 17.2 Å². The fourth-order valence-electron chi connectivity index (χ4n) is 1.58. The number of hydrogen-bond donors (Lipinski definition) is 2. The van der Waals surface area contributed by atoms with E-state index in [9.17, 15) is 4.79 Å². The van der Waals surface area contributed by atoms with Gasteiger partial charge in [0.25, 0.3) is 0 Å². The maximum atomic E-state index is 11.1. The van der Waals surface area contributed by atoms with Crippen LogP contribution in [0.4, 0.5) is 0 Å². The van der Waals surface area contributed by atoms with Crippen molar-refractivity contribution >= 4 is 5.97 Å². The van der Waals surface area contributed by atoms with Crippen LogP contribution < -0.4 is 19.5 Å². The van der Waals surface area contributed by atoms with Gasteiger partial charge in [-0.1, -0.05) is 6.92 Å². The third-order valence-electron chi connectivity index (χ3n) is 2.68. The molecule has 1 rings (SSSR count). The summed E-state index contributed by atoms with van der Waals surface area (Å²) in [4.78, 5) is 11.1. The van der Waals surface area contributed by atoms with Crippen molar-refractivity contribution in [2.45, 2.75) is 19.4 Å². The Balaban J connectivity index is 2.69. The predicted molar refractivity (Wildman–Crippen MR) is 74.8 cm³/mol. The minimum absolute atomic E-state index is 0.0334. The summed E-state index contributed by atoms with van der Waals surface area (Å²) in [6.07, 6.45) is 0.858. The zero-order valence-electron chi connectivity index (χ0n) is 12.0. The van der Waals surface area contributed by atoms with E-state index in [0.717, 1.165) is 6.42 Å². The third kappa shape index (κ3) is 4.97. The molecule has 0 heterocycles. The van der Waals surface area contributed by atoms with Gasteiger partial charge in [0, 0.05) is 18.2 Å². The molecule has 6 nitrogen and oxygen atoms in total. The Bertz CT molecular complexity index is 413. The molecule has 0 aromatic heterocycles.